The molecular weight excluding hydrogens is 574 g/mol. The number of esters is 1. The van der Waals surface area contributed by atoms with E-state index in [0.717, 1.165) is 16.7 Å². The first-order chi connectivity index (χ1) is 19.7. The van der Waals surface area contributed by atoms with Crippen LogP contribution in [0.2, 0.25) is 5.02 Å². The third kappa shape index (κ3) is 8.09. The average Bonchev–Trinajstić information content (AvgIpc) is 3.23. The highest BCUT2D eigenvalue weighted by molar-refractivity contribution is 8.18. The van der Waals surface area contributed by atoms with Gasteiger partial charge in [0.05, 0.1) is 35.3 Å². The molecule has 0 aromatic heterocycles. The Balaban J connectivity index is 1.32. The van der Waals surface area contributed by atoms with Gasteiger partial charge in [-0.3, -0.25) is 24.1 Å². The number of ether oxygens (including phenoxy) is 3. The second-order valence-electron chi connectivity index (χ2n) is 9.00. The van der Waals surface area contributed by atoms with Crippen molar-refractivity contribution in [3.63, 3.8) is 0 Å². The molecule has 2 aromatic rings. The molecule has 2 fully saturated rings. The topological polar surface area (TPSA) is 132 Å². The molecule has 2 aliphatic rings. The van der Waals surface area contributed by atoms with Crippen molar-refractivity contribution in [2.45, 2.75) is 13.3 Å². The largest absolute Gasteiger partial charge is 0.484 e. The van der Waals surface area contributed by atoms with Crippen LogP contribution in [0.25, 0.3) is 6.08 Å². The zero-order chi connectivity index (χ0) is 29.4. The zero-order valence-electron chi connectivity index (χ0n) is 22.2. The summed E-state index contributed by atoms with van der Waals surface area (Å²) in [7, 11) is 0. The van der Waals surface area contributed by atoms with Gasteiger partial charge in [0, 0.05) is 18.8 Å². The van der Waals surface area contributed by atoms with E-state index in [-0.39, 0.29) is 40.3 Å². The zero-order valence-corrected chi connectivity index (χ0v) is 23.8. The Kier molecular flexibility index (Phi) is 10.4. The van der Waals surface area contributed by atoms with Crippen LogP contribution in [0.15, 0.2) is 47.4 Å². The molecule has 1 N–H and O–H groups in total. The molecule has 2 saturated heterocycles. The average molecular weight is 602 g/mol. The minimum Gasteiger partial charge on any atom is -0.484 e. The predicted molar refractivity (Wildman–Crippen MR) is 153 cm³/mol. The van der Waals surface area contributed by atoms with Gasteiger partial charge in [-0.2, -0.15) is 0 Å². The molecule has 0 saturated carbocycles. The number of carbonyl (C=O) groups excluding carboxylic acids is 5. The summed E-state index contributed by atoms with van der Waals surface area (Å²) in [5, 5.41) is 2.16. The number of hydrogen-bond donors (Lipinski definition) is 1. The van der Waals surface area contributed by atoms with Gasteiger partial charge in [0.15, 0.2) is 6.61 Å². The van der Waals surface area contributed by atoms with Gasteiger partial charge < -0.3 is 24.4 Å². The number of thioether (sulfide) groups is 1. The monoisotopic (exact) mass is 601 g/mol. The lowest BCUT2D eigenvalue weighted by Gasteiger charge is -2.26. The van der Waals surface area contributed by atoms with Crippen LogP contribution in [0.5, 0.6) is 5.75 Å². The highest BCUT2D eigenvalue weighted by Crippen LogP contribution is 2.32. The summed E-state index contributed by atoms with van der Waals surface area (Å²) >= 11 is 6.81. The molecule has 0 atom stereocenters. The maximum atomic E-state index is 12.9. The van der Waals surface area contributed by atoms with Crippen molar-refractivity contribution in [1.29, 1.82) is 0 Å². The normalized spacial score (nSPS) is 16.2. The molecule has 216 valence electrons. The van der Waals surface area contributed by atoms with Gasteiger partial charge in [0.2, 0.25) is 5.91 Å². The number of halogens is 1. The fraction of sp³-hybridized carbons (Fsp3) is 0.321. The van der Waals surface area contributed by atoms with E-state index in [1.165, 1.54) is 18.2 Å². The van der Waals surface area contributed by atoms with Crippen molar-refractivity contribution >= 4 is 64.1 Å². The highest BCUT2D eigenvalue weighted by atomic mass is 35.5. The SMILES string of the molecule is CCCOC(=O)c1cc(NC(=O)CN2C(=O)S/C(=C/c3ccc(OCC(=O)N4CCOCC4)cc3)C2=O)ccc1Cl. The van der Waals surface area contributed by atoms with E-state index in [2.05, 4.69) is 5.32 Å². The van der Waals surface area contributed by atoms with Crippen LogP contribution in [0, 0.1) is 0 Å². The molecule has 0 bridgehead atoms. The Morgan fingerprint density at radius 1 is 1.10 bits per heavy atom. The van der Waals surface area contributed by atoms with Crippen molar-refractivity contribution in [3.05, 3.63) is 63.5 Å². The van der Waals surface area contributed by atoms with E-state index in [4.69, 9.17) is 25.8 Å². The Morgan fingerprint density at radius 3 is 2.54 bits per heavy atom. The molecule has 2 aromatic carbocycles. The number of morpholine rings is 1. The first-order valence-electron chi connectivity index (χ1n) is 12.9. The highest BCUT2D eigenvalue weighted by Gasteiger charge is 2.36. The predicted octanol–water partition coefficient (Wildman–Crippen LogP) is 3.82. The van der Waals surface area contributed by atoms with Crippen LogP contribution in [0.4, 0.5) is 10.5 Å². The van der Waals surface area contributed by atoms with Crippen molar-refractivity contribution in [3.8, 4) is 5.75 Å². The molecule has 41 heavy (non-hydrogen) atoms. The van der Waals surface area contributed by atoms with Crippen LogP contribution < -0.4 is 10.1 Å². The first-order valence-corrected chi connectivity index (χ1v) is 14.0. The minimum absolute atomic E-state index is 0.0899. The van der Waals surface area contributed by atoms with Crippen molar-refractivity contribution in [2.24, 2.45) is 0 Å². The number of imide groups is 1. The first kappa shape index (κ1) is 30.1. The second-order valence-corrected chi connectivity index (χ2v) is 10.4. The van der Waals surface area contributed by atoms with Crippen LogP contribution in [-0.2, 0) is 23.9 Å². The Morgan fingerprint density at radius 2 is 1.83 bits per heavy atom. The number of nitrogens with zero attached hydrogens (tertiary/aromatic N) is 2. The molecule has 4 amide bonds. The molecule has 0 radical (unpaired) electrons. The molecule has 0 aliphatic carbocycles. The van der Waals surface area contributed by atoms with E-state index >= 15 is 0 Å². The summed E-state index contributed by atoms with van der Waals surface area (Å²) in [5.74, 6) is -1.49. The van der Waals surface area contributed by atoms with Gasteiger partial charge in [0.1, 0.15) is 12.3 Å². The van der Waals surface area contributed by atoms with Crippen molar-refractivity contribution in [1.82, 2.24) is 9.80 Å². The van der Waals surface area contributed by atoms with Gasteiger partial charge in [0.25, 0.3) is 17.1 Å². The summed E-state index contributed by atoms with van der Waals surface area (Å²) in [5.41, 5.74) is 0.988. The van der Waals surface area contributed by atoms with Crippen molar-refractivity contribution in [2.75, 3.05) is 51.4 Å². The van der Waals surface area contributed by atoms with E-state index < -0.39 is 29.6 Å². The summed E-state index contributed by atoms with van der Waals surface area (Å²) in [4.78, 5) is 65.1. The molecular formula is C28H28ClN3O8S. The molecule has 4 rings (SSSR count). The number of benzene rings is 2. The van der Waals surface area contributed by atoms with Gasteiger partial charge in [-0.1, -0.05) is 30.7 Å². The van der Waals surface area contributed by atoms with Gasteiger partial charge in [-0.15, -0.1) is 0 Å². The molecule has 0 spiro atoms. The van der Waals surface area contributed by atoms with Gasteiger partial charge >= 0.3 is 5.97 Å². The number of nitrogens with one attached hydrogen (secondary N) is 1. The second kappa shape index (κ2) is 14.2. The molecule has 11 nitrogen and oxygen atoms in total. The quantitative estimate of drug-likeness (QED) is 0.319. The van der Waals surface area contributed by atoms with Crippen LogP contribution in [-0.4, -0.2) is 84.8 Å². The number of amides is 4. The van der Waals surface area contributed by atoms with Crippen LogP contribution in [0.3, 0.4) is 0 Å². The molecule has 13 heteroatoms. The van der Waals surface area contributed by atoms with E-state index in [9.17, 15) is 24.0 Å². The van der Waals surface area contributed by atoms with Crippen LogP contribution >= 0.6 is 23.4 Å². The fourth-order valence-corrected chi connectivity index (χ4v) is 4.91. The third-order valence-corrected chi connectivity index (χ3v) is 7.22. The summed E-state index contributed by atoms with van der Waals surface area (Å²) in [6.45, 7) is 3.58. The summed E-state index contributed by atoms with van der Waals surface area (Å²) < 4.78 is 15.9. The lowest BCUT2D eigenvalue weighted by Crippen LogP contribution is -2.42. The molecule has 2 aliphatic heterocycles. The smallest absolute Gasteiger partial charge is 0.339 e. The Hall–Kier alpha value is -3.87. The molecule has 0 unspecified atom stereocenters. The Labute approximate surface area is 245 Å². The minimum atomic E-state index is -0.628. The standard InChI is InChI=1S/C28H28ClN3O8S/c1-2-11-39-27(36)21-15-19(5-8-22(21)29)30-24(33)16-32-26(35)23(41-28(32)37)14-18-3-6-20(7-4-18)40-17-25(34)31-9-12-38-13-10-31/h3-8,14-15H,2,9-13,16-17H2,1H3,(H,30,33)/b23-14+. The summed E-state index contributed by atoms with van der Waals surface area (Å²) in [6.07, 6.45) is 2.18. The number of anilines is 1. The maximum absolute atomic E-state index is 12.9. The lowest BCUT2D eigenvalue weighted by atomic mass is 10.2. The van der Waals surface area contributed by atoms with Gasteiger partial charge in [-0.25, -0.2) is 4.79 Å². The number of hydrogen-bond acceptors (Lipinski definition) is 9. The van der Waals surface area contributed by atoms with Crippen molar-refractivity contribution < 1.29 is 38.2 Å². The third-order valence-electron chi connectivity index (χ3n) is 5.99. The number of rotatable bonds is 10. The fourth-order valence-electron chi connectivity index (χ4n) is 3.87. The lowest BCUT2D eigenvalue weighted by molar-refractivity contribution is -0.137. The van der Waals surface area contributed by atoms with E-state index in [1.54, 1.807) is 35.2 Å². The van der Waals surface area contributed by atoms with Gasteiger partial charge in [-0.05, 0) is 60.2 Å². The van der Waals surface area contributed by atoms with E-state index in [1.807, 2.05) is 6.92 Å². The maximum Gasteiger partial charge on any atom is 0.339 e. The Bertz CT molecular complexity index is 1360. The summed E-state index contributed by atoms with van der Waals surface area (Å²) in [6, 6.07) is 11.0. The number of carbonyl (C=O) groups is 5. The van der Waals surface area contributed by atoms with Crippen LogP contribution in [0.1, 0.15) is 29.3 Å². The molecule has 2 heterocycles. The van der Waals surface area contributed by atoms with E-state index in [0.29, 0.717) is 44.0 Å².